The Hall–Kier alpha value is -2.39. The monoisotopic (exact) mass is 334 g/mol. The molecule has 4 rings (SSSR count). The lowest BCUT2D eigenvalue weighted by atomic mass is 9.99. The quantitative estimate of drug-likeness (QED) is 0.693. The van der Waals surface area contributed by atoms with Gasteiger partial charge in [-0.2, -0.15) is 0 Å². The molecule has 0 spiro atoms. The van der Waals surface area contributed by atoms with Crippen molar-refractivity contribution in [2.75, 3.05) is 19.6 Å². The molecule has 0 aliphatic carbocycles. The molecule has 0 fully saturated rings. The zero-order chi connectivity index (χ0) is 17.1. The fourth-order valence-electron chi connectivity index (χ4n) is 3.73. The molecule has 2 heterocycles. The van der Waals surface area contributed by atoms with Crippen LogP contribution < -0.4 is 0 Å². The first-order valence-electron chi connectivity index (χ1n) is 9.02. The Morgan fingerprint density at radius 1 is 1.08 bits per heavy atom. The summed E-state index contributed by atoms with van der Waals surface area (Å²) in [6.07, 6.45) is 7.31. The molecule has 3 aromatic rings. The summed E-state index contributed by atoms with van der Waals surface area (Å²) in [5, 5.41) is 1.14. The van der Waals surface area contributed by atoms with Gasteiger partial charge in [-0.15, -0.1) is 0 Å². The topological polar surface area (TPSA) is 19.0 Å². The van der Waals surface area contributed by atoms with Crippen molar-refractivity contribution in [1.29, 1.82) is 0 Å². The van der Waals surface area contributed by atoms with Gasteiger partial charge < -0.3 is 4.98 Å². The third kappa shape index (κ3) is 3.67. The average molecular weight is 334 g/mol. The van der Waals surface area contributed by atoms with Gasteiger partial charge in [0.2, 0.25) is 0 Å². The molecule has 0 bridgehead atoms. The number of hydrogen-bond acceptors (Lipinski definition) is 1. The number of halogens is 1. The van der Waals surface area contributed by atoms with Crippen LogP contribution in [0.3, 0.4) is 0 Å². The highest BCUT2D eigenvalue weighted by molar-refractivity contribution is 5.83. The van der Waals surface area contributed by atoms with E-state index in [4.69, 9.17) is 0 Å². The van der Waals surface area contributed by atoms with Crippen LogP contribution in [0.15, 0.2) is 60.8 Å². The maximum atomic E-state index is 13.7. The number of hydrogen-bond donors (Lipinski definition) is 1. The zero-order valence-electron chi connectivity index (χ0n) is 14.3. The minimum absolute atomic E-state index is 0.154. The Balaban J connectivity index is 1.34. The summed E-state index contributed by atoms with van der Waals surface area (Å²) < 4.78 is 13.7. The van der Waals surface area contributed by atoms with E-state index in [1.54, 1.807) is 12.1 Å². The summed E-state index contributed by atoms with van der Waals surface area (Å²) in [5.74, 6) is -0.154. The lowest BCUT2D eigenvalue weighted by Crippen LogP contribution is -2.29. The molecule has 0 amide bonds. The van der Waals surface area contributed by atoms with Crippen molar-refractivity contribution in [2.24, 2.45) is 0 Å². The molecular formula is C22H23FN2. The van der Waals surface area contributed by atoms with Crippen LogP contribution in [0.2, 0.25) is 0 Å². The summed E-state index contributed by atoms with van der Waals surface area (Å²) in [4.78, 5) is 5.59. The lowest BCUT2D eigenvalue weighted by molar-refractivity contribution is 0.298. The molecule has 1 aromatic heterocycles. The van der Waals surface area contributed by atoms with Gasteiger partial charge in [0.15, 0.2) is 0 Å². The Morgan fingerprint density at radius 3 is 2.76 bits per heavy atom. The molecule has 0 unspecified atom stereocenters. The Kier molecular flexibility index (Phi) is 4.66. The van der Waals surface area contributed by atoms with E-state index in [0.717, 1.165) is 55.4 Å². The summed E-state index contributed by atoms with van der Waals surface area (Å²) >= 11 is 0. The fraction of sp³-hybridized carbons (Fsp3) is 0.273. The molecule has 1 aliphatic rings. The van der Waals surface area contributed by atoms with Gasteiger partial charge in [0.1, 0.15) is 5.82 Å². The first-order valence-corrected chi connectivity index (χ1v) is 9.02. The van der Waals surface area contributed by atoms with Gasteiger partial charge in [-0.25, -0.2) is 4.39 Å². The molecule has 0 radical (unpaired) electrons. The van der Waals surface area contributed by atoms with Gasteiger partial charge in [0.25, 0.3) is 0 Å². The molecule has 0 saturated heterocycles. The number of aromatic amines is 1. The Bertz CT molecular complexity index is 879. The van der Waals surface area contributed by atoms with E-state index < -0.39 is 0 Å². The van der Waals surface area contributed by atoms with Crippen LogP contribution >= 0.6 is 0 Å². The standard InChI is InChI=1S/C22H23FN2/c23-20-15-19(21-8-11-24-22(21)16-20)7-4-12-25-13-9-18(10-14-25)17-5-2-1-3-6-17/h1-3,5-6,8-9,11,15-16,24H,4,7,10,12-14H2. The van der Waals surface area contributed by atoms with E-state index in [-0.39, 0.29) is 5.82 Å². The van der Waals surface area contributed by atoms with Crippen molar-refractivity contribution in [2.45, 2.75) is 19.3 Å². The van der Waals surface area contributed by atoms with Gasteiger partial charge in [-0.05, 0) is 60.7 Å². The smallest absolute Gasteiger partial charge is 0.125 e. The van der Waals surface area contributed by atoms with Gasteiger partial charge >= 0.3 is 0 Å². The highest BCUT2D eigenvalue weighted by Crippen LogP contribution is 2.23. The fourth-order valence-corrected chi connectivity index (χ4v) is 3.73. The highest BCUT2D eigenvalue weighted by atomic mass is 19.1. The molecule has 0 saturated carbocycles. The molecular weight excluding hydrogens is 311 g/mol. The van der Waals surface area contributed by atoms with E-state index in [9.17, 15) is 4.39 Å². The Labute approximate surface area is 148 Å². The second kappa shape index (κ2) is 7.24. The molecule has 25 heavy (non-hydrogen) atoms. The first-order chi connectivity index (χ1) is 12.3. The minimum atomic E-state index is -0.154. The van der Waals surface area contributed by atoms with Crippen molar-refractivity contribution < 1.29 is 4.39 Å². The lowest BCUT2D eigenvalue weighted by Gasteiger charge is -2.26. The van der Waals surface area contributed by atoms with E-state index in [2.05, 4.69) is 46.3 Å². The Morgan fingerprint density at radius 2 is 1.96 bits per heavy atom. The number of aromatic nitrogens is 1. The third-order valence-electron chi connectivity index (χ3n) is 5.08. The largest absolute Gasteiger partial charge is 0.361 e. The van der Waals surface area contributed by atoms with Crippen LogP contribution in [0.5, 0.6) is 0 Å². The minimum Gasteiger partial charge on any atom is -0.361 e. The number of fused-ring (bicyclic) bond motifs is 1. The summed E-state index contributed by atoms with van der Waals surface area (Å²) in [6, 6.07) is 15.9. The summed E-state index contributed by atoms with van der Waals surface area (Å²) in [7, 11) is 0. The second-order valence-corrected chi connectivity index (χ2v) is 6.75. The van der Waals surface area contributed by atoms with Crippen LogP contribution in [-0.2, 0) is 6.42 Å². The van der Waals surface area contributed by atoms with Crippen LogP contribution in [0, 0.1) is 5.82 Å². The molecule has 0 atom stereocenters. The summed E-state index contributed by atoms with van der Waals surface area (Å²) in [5.41, 5.74) is 4.80. The van der Waals surface area contributed by atoms with E-state index in [0.29, 0.717) is 0 Å². The number of nitrogens with one attached hydrogen (secondary N) is 1. The number of benzene rings is 2. The van der Waals surface area contributed by atoms with Crippen LogP contribution in [0.25, 0.3) is 16.5 Å². The van der Waals surface area contributed by atoms with Crippen LogP contribution in [0.4, 0.5) is 4.39 Å². The number of H-pyrrole nitrogens is 1. The normalized spacial score (nSPS) is 15.5. The molecule has 1 N–H and O–H groups in total. The predicted octanol–water partition coefficient (Wildman–Crippen LogP) is 5.03. The number of nitrogens with zero attached hydrogens (tertiary/aromatic N) is 1. The second-order valence-electron chi connectivity index (χ2n) is 6.75. The van der Waals surface area contributed by atoms with Crippen molar-refractivity contribution >= 4 is 16.5 Å². The molecule has 1 aliphatic heterocycles. The molecule has 3 heteroatoms. The third-order valence-corrected chi connectivity index (χ3v) is 5.08. The zero-order valence-corrected chi connectivity index (χ0v) is 14.3. The SMILES string of the molecule is Fc1cc(CCCN2CC=C(c3ccccc3)CC2)c2cc[nH]c2c1. The summed E-state index contributed by atoms with van der Waals surface area (Å²) in [6.45, 7) is 3.16. The molecule has 128 valence electrons. The van der Waals surface area contributed by atoms with Crippen molar-refractivity contribution in [3.63, 3.8) is 0 Å². The number of aryl methyl sites for hydroxylation is 1. The van der Waals surface area contributed by atoms with Crippen molar-refractivity contribution in [3.8, 4) is 0 Å². The van der Waals surface area contributed by atoms with Gasteiger partial charge in [0, 0.05) is 30.2 Å². The van der Waals surface area contributed by atoms with Gasteiger partial charge in [0.05, 0.1) is 0 Å². The van der Waals surface area contributed by atoms with Crippen molar-refractivity contribution in [3.05, 3.63) is 77.7 Å². The highest BCUT2D eigenvalue weighted by Gasteiger charge is 2.13. The molecule has 2 nitrogen and oxygen atoms in total. The van der Waals surface area contributed by atoms with Crippen LogP contribution in [-0.4, -0.2) is 29.5 Å². The first kappa shape index (κ1) is 16.1. The van der Waals surface area contributed by atoms with Crippen LogP contribution in [0.1, 0.15) is 24.0 Å². The predicted molar refractivity (Wildman–Crippen MR) is 102 cm³/mol. The average Bonchev–Trinajstić information content (AvgIpc) is 3.11. The van der Waals surface area contributed by atoms with E-state index in [1.165, 1.54) is 11.1 Å². The molecule has 2 aromatic carbocycles. The van der Waals surface area contributed by atoms with Gasteiger partial charge in [-0.1, -0.05) is 36.4 Å². The van der Waals surface area contributed by atoms with E-state index >= 15 is 0 Å². The van der Waals surface area contributed by atoms with Gasteiger partial charge in [-0.3, -0.25) is 4.90 Å². The van der Waals surface area contributed by atoms with Crippen molar-refractivity contribution in [1.82, 2.24) is 9.88 Å². The van der Waals surface area contributed by atoms with E-state index in [1.807, 2.05) is 12.3 Å². The maximum Gasteiger partial charge on any atom is 0.125 e. The number of rotatable bonds is 5. The maximum absolute atomic E-state index is 13.7.